The van der Waals surface area contributed by atoms with E-state index in [0.717, 1.165) is 6.92 Å². The Bertz CT molecular complexity index is 828. The average molecular weight is 518 g/mol. The number of halogens is 7. The molecule has 0 saturated heterocycles. The molecule has 0 bridgehead atoms. The Kier molecular flexibility index (Phi) is 10.3. The predicted octanol–water partition coefficient (Wildman–Crippen LogP) is 3.10. The van der Waals surface area contributed by atoms with Gasteiger partial charge in [-0.2, -0.15) is 30.7 Å². The van der Waals surface area contributed by atoms with E-state index in [2.05, 4.69) is 16.1 Å². The van der Waals surface area contributed by atoms with E-state index in [4.69, 9.17) is 0 Å². The monoisotopic (exact) mass is 518 g/mol. The molecule has 0 rings (SSSR count). The summed E-state index contributed by atoms with van der Waals surface area (Å²) in [6, 6.07) is 0. The molecule has 0 radical (unpaired) electrons. The van der Waals surface area contributed by atoms with E-state index >= 15 is 0 Å². The van der Waals surface area contributed by atoms with Gasteiger partial charge in [0.25, 0.3) is 0 Å². The molecule has 0 heterocycles. The van der Waals surface area contributed by atoms with E-state index in [1.54, 1.807) is 0 Å². The van der Waals surface area contributed by atoms with Crippen molar-refractivity contribution in [3.63, 3.8) is 0 Å². The van der Waals surface area contributed by atoms with Crippen molar-refractivity contribution in [2.75, 3.05) is 13.2 Å². The Morgan fingerprint density at radius 1 is 1.06 bits per heavy atom. The van der Waals surface area contributed by atoms with Crippen LogP contribution in [-0.4, -0.2) is 61.1 Å². The number of alkyl halides is 7. The van der Waals surface area contributed by atoms with Gasteiger partial charge in [0.15, 0.2) is 10.1 Å². The first-order valence-electron chi connectivity index (χ1n) is 9.21. The topological polar surface area (TPSA) is 122 Å². The minimum atomic E-state index is -6.72. The van der Waals surface area contributed by atoms with Crippen LogP contribution in [0.4, 0.5) is 30.7 Å². The minimum absolute atomic E-state index is 0.296. The molecule has 0 aliphatic carbocycles. The third-order valence-corrected chi connectivity index (χ3v) is 4.78. The first kappa shape index (κ1) is 31.1. The number of esters is 1. The average Bonchev–Trinajstić information content (AvgIpc) is 2.62. The van der Waals surface area contributed by atoms with Crippen molar-refractivity contribution in [2.45, 2.75) is 63.2 Å². The summed E-state index contributed by atoms with van der Waals surface area (Å²) in [5, 5.41) is -4.09. The van der Waals surface area contributed by atoms with Crippen LogP contribution in [0.5, 0.6) is 0 Å². The van der Waals surface area contributed by atoms with Gasteiger partial charge in [-0.25, -0.2) is 13.2 Å². The van der Waals surface area contributed by atoms with E-state index in [0.29, 0.717) is 0 Å². The second-order valence-corrected chi connectivity index (χ2v) is 8.79. The first-order chi connectivity index (χ1) is 14.6. The molecule has 0 spiro atoms. The van der Waals surface area contributed by atoms with Crippen molar-refractivity contribution < 1.29 is 62.8 Å². The van der Waals surface area contributed by atoms with Gasteiger partial charge in [0.1, 0.15) is 0 Å². The Hall–Kier alpha value is -1.94. The third-order valence-electron chi connectivity index (χ3n) is 3.86. The number of unbranched alkanes of at least 4 members (excludes halogenated alkanes) is 1. The predicted molar refractivity (Wildman–Crippen MR) is 96.9 cm³/mol. The molecular formula is C17H23F7NO7S-. The summed E-state index contributed by atoms with van der Waals surface area (Å²) in [6.45, 7) is 5.62. The standard InChI is InChI=1S/C17H24F7NO7S/c1-10(2)9-25-13(27)15(16(20,21)22,32-12(26)11(3)4)31-8-6-5-7-14(18,19)17(23,24)33(28,29)30/h10H,3,5-9H2,1-2,4H3,(H,25,27)(H,28,29,30)/p-1. The van der Waals surface area contributed by atoms with E-state index in [-0.39, 0.29) is 12.5 Å². The molecule has 0 saturated carbocycles. The number of amides is 1. The van der Waals surface area contributed by atoms with Crippen LogP contribution in [0.3, 0.4) is 0 Å². The van der Waals surface area contributed by atoms with Crippen molar-refractivity contribution in [2.24, 2.45) is 5.92 Å². The SMILES string of the molecule is C=C(C)C(=O)OC(OCCCCC(F)(F)C(F)(F)S(=O)(=O)[O-])(C(=O)NCC(C)C)C(F)(F)F. The molecule has 16 heteroatoms. The zero-order valence-electron chi connectivity index (χ0n) is 17.7. The minimum Gasteiger partial charge on any atom is -0.743 e. The smallest absolute Gasteiger partial charge is 0.466 e. The van der Waals surface area contributed by atoms with E-state index in [9.17, 15) is 53.3 Å². The molecule has 1 unspecified atom stereocenters. The third kappa shape index (κ3) is 7.81. The fourth-order valence-electron chi connectivity index (χ4n) is 2.03. The molecule has 8 nitrogen and oxygen atoms in total. The fraction of sp³-hybridized carbons (Fsp3) is 0.765. The summed E-state index contributed by atoms with van der Waals surface area (Å²) in [5.41, 5.74) is -0.537. The van der Waals surface area contributed by atoms with Crippen LogP contribution in [-0.2, 0) is 29.2 Å². The van der Waals surface area contributed by atoms with E-state index in [1.165, 1.54) is 13.8 Å². The van der Waals surface area contributed by atoms with Crippen molar-refractivity contribution in [3.8, 4) is 0 Å². The number of rotatable bonds is 13. The Labute approximate surface area is 185 Å². The largest absolute Gasteiger partial charge is 0.743 e. The molecule has 0 aromatic carbocycles. The number of hydrogen-bond acceptors (Lipinski definition) is 7. The lowest BCUT2D eigenvalue weighted by atomic mass is 10.1. The molecule has 0 aliphatic heterocycles. The molecule has 194 valence electrons. The summed E-state index contributed by atoms with van der Waals surface area (Å²) in [5.74, 6) is -13.5. The summed E-state index contributed by atoms with van der Waals surface area (Å²) < 4.78 is 134. The van der Waals surface area contributed by atoms with Crippen molar-refractivity contribution in [3.05, 3.63) is 12.2 Å². The van der Waals surface area contributed by atoms with Gasteiger partial charge in [-0.3, -0.25) is 4.79 Å². The van der Waals surface area contributed by atoms with Gasteiger partial charge in [-0.05, 0) is 25.7 Å². The number of nitrogens with one attached hydrogen (secondary N) is 1. The van der Waals surface area contributed by atoms with Crippen LogP contribution >= 0.6 is 0 Å². The van der Waals surface area contributed by atoms with Crippen molar-refractivity contribution in [1.82, 2.24) is 5.32 Å². The molecule has 1 N–H and O–H groups in total. The van der Waals surface area contributed by atoms with Gasteiger partial charge in [0.2, 0.25) is 0 Å². The lowest BCUT2D eigenvalue weighted by Gasteiger charge is -2.33. The summed E-state index contributed by atoms with van der Waals surface area (Å²) in [6.07, 6.45) is -9.46. The number of hydrogen-bond donors (Lipinski definition) is 1. The second kappa shape index (κ2) is 11.0. The molecular weight excluding hydrogens is 495 g/mol. The molecule has 1 atom stereocenters. The van der Waals surface area contributed by atoms with Crippen molar-refractivity contribution >= 4 is 22.0 Å². The molecule has 0 aliphatic rings. The maximum absolute atomic E-state index is 13.7. The summed E-state index contributed by atoms with van der Waals surface area (Å²) >= 11 is 0. The van der Waals surface area contributed by atoms with Crippen LogP contribution in [0, 0.1) is 5.92 Å². The van der Waals surface area contributed by atoms with Gasteiger partial charge in [0.05, 0.1) is 6.61 Å². The lowest BCUT2D eigenvalue weighted by molar-refractivity contribution is -0.347. The summed E-state index contributed by atoms with van der Waals surface area (Å²) in [7, 11) is -6.72. The van der Waals surface area contributed by atoms with Crippen molar-refractivity contribution in [1.29, 1.82) is 0 Å². The van der Waals surface area contributed by atoms with Gasteiger partial charge in [-0.15, -0.1) is 0 Å². The quantitative estimate of drug-likeness (QED) is 0.0993. The van der Waals surface area contributed by atoms with E-state index < -0.39 is 76.6 Å². The molecule has 33 heavy (non-hydrogen) atoms. The highest BCUT2D eigenvalue weighted by molar-refractivity contribution is 7.86. The highest BCUT2D eigenvalue weighted by Gasteiger charge is 2.66. The van der Waals surface area contributed by atoms with Gasteiger partial charge in [0, 0.05) is 18.5 Å². The van der Waals surface area contributed by atoms with E-state index in [1.807, 2.05) is 5.32 Å². The molecule has 0 aromatic rings. The van der Waals surface area contributed by atoms with Gasteiger partial charge in [-0.1, -0.05) is 20.4 Å². The zero-order chi connectivity index (χ0) is 26.5. The Balaban J connectivity index is 5.56. The first-order valence-corrected chi connectivity index (χ1v) is 10.6. The second-order valence-electron chi connectivity index (χ2n) is 7.37. The number of carbonyl (C=O) groups excluding carboxylic acids is 2. The van der Waals surface area contributed by atoms with Crippen LogP contribution in [0.15, 0.2) is 12.2 Å². The van der Waals surface area contributed by atoms with Crippen LogP contribution in [0.2, 0.25) is 0 Å². The lowest BCUT2D eigenvalue weighted by Crippen LogP contribution is -2.62. The number of carbonyl (C=O) groups is 2. The summed E-state index contributed by atoms with van der Waals surface area (Å²) in [4.78, 5) is 24.0. The Morgan fingerprint density at radius 2 is 1.58 bits per heavy atom. The van der Waals surface area contributed by atoms with Crippen LogP contribution in [0.1, 0.15) is 40.0 Å². The van der Waals surface area contributed by atoms with Gasteiger partial charge >= 0.3 is 35.0 Å². The molecule has 0 fully saturated rings. The van der Waals surface area contributed by atoms with Crippen LogP contribution in [0.25, 0.3) is 0 Å². The zero-order valence-corrected chi connectivity index (χ0v) is 18.5. The molecule has 0 aromatic heterocycles. The molecule has 1 amide bonds. The normalized spacial score (nSPS) is 15.2. The fourth-order valence-corrected chi connectivity index (χ4v) is 2.50. The highest BCUT2D eigenvalue weighted by Crippen LogP contribution is 2.42. The number of ether oxygens (including phenoxy) is 2. The maximum Gasteiger partial charge on any atom is 0.466 e. The Morgan fingerprint density at radius 3 is 1.97 bits per heavy atom. The van der Waals surface area contributed by atoms with Crippen LogP contribution < -0.4 is 5.32 Å². The maximum atomic E-state index is 13.7. The van der Waals surface area contributed by atoms with Gasteiger partial charge < -0.3 is 19.3 Å². The highest BCUT2D eigenvalue weighted by atomic mass is 32.2.